The van der Waals surface area contributed by atoms with E-state index in [1.807, 2.05) is 36.4 Å². The summed E-state index contributed by atoms with van der Waals surface area (Å²) >= 11 is 0. The molecule has 0 unspecified atom stereocenters. The van der Waals surface area contributed by atoms with Gasteiger partial charge in [-0.25, -0.2) is 4.79 Å². The van der Waals surface area contributed by atoms with Crippen LogP contribution < -0.4 is 4.74 Å². The van der Waals surface area contributed by atoms with Crippen molar-refractivity contribution in [1.82, 2.24) is 0 Å². The number of carbonyl (C=O) groups is 1. The maximum Gasteiger partial charge on any atom is 0.422 e. The van der Waals surface area contributed by atoms with Crippen molar-refractivity contribution in [2.24, 2.45) is 0 Å². The molecule has 0 radical (unpaired) electrons. The fraction of sp³-hybridized carbons (Fsp3) is 0.125. The van der Waals surface area contributed by atoms with Crippen molar-refractivity contribution < 1.29 is 19.1 Å². The maximum absolute atomic E-state index is 11.7. The molecular weight excluding hydrogens is 268 g/mol. The van der Waals surface area contributed by atoms with E-state index in [-0.39, 0.29) is 5.71 Å². The molecule has 0 spiro atoms. The molecule has 0 atom stereocenters. The zero-order valence-corrected chi connectivity index (χ0v) is 11.7. The summed E-state index contributed by atoms with van der Waals surface area (Å²) in [5.74, 6) is 0.0405. The minimum atomic E-state index is -0.696. The van der Waals surface area contributed by atoms with Crippen LogP contribution in [0.3, 0.4) is 0 Å². The minimum absolute atomic E-state index is 0.135. The highest BCUT2D eigenvalue weighted by molar-refractivity contribution is 6.42. The van der Waals surface area contributed by atoms with Crippen LogP contribution in [0.5, 0.6) is 5.75 Å². The van der Waals surface area contributed by atoms with Gasteiger partial charge in [0.05, 0.1) is 19.8 Å². The van der Waals surface area contributed by atoms with Gasteiger partial charge in [-0.2, -0.15) is 4.79 Å². The van der Waals surface area contributed by atoms with E-state index in [1.165, 1.54) is 7.11 Å². The Morgan fingerprint density at radius 2 is 1.71 bits per heavy atom. The first kappa shape index (κ1) is 14.5. The lowest BCUT2D eigenvalue weighted by molar-refractivity contribution is -0.137. The van der Waals surface area contributed by atoms with Gasteiger partial charge in [-0.3, -0.25) is 0 Å². The Kier molecular flexibility index (Phi) is 4.49. The molecule has 0 aliphatic rings. The quantitative estimate of drug-likeness (QED) is 0.374. The van der Waals surface area contributed by atoms with Crippen LogP contribution in [0.25, 0.3) is 16.7 Å². The predicted octanol–water partition coefficient (Wildman–Crippen LogP) is 2.55. The summed E-state index contributed by atoms with van der Waals surface area (Å²) in [4.78, 5) is 14.8. The topological polar surface area (TPSA) is 71.9 Å². The highest BCUT2D eigenvalue weighted by Crippen LogP contribution is 2.26. The number of esters is 1. The molecule has 0 aliphatic heterocycles. The summed E-state index contributed by atoms with van der Waals surface area (Å²) in [6, 6.07) is 14.5. The summed E-state index contributed by atoms with van der Waals surface area (Å²) in [6.45, 7) is 0. The third-order valence-electron chi connectivity index (χ3n) is 3.06. The van der Waals surface area contributed by atoms with Crippen LogP contribution in [0.1, 0.15) is 5.56 Å². The van der Waals surface area contributed by atoms with Crippen molar-refractivity contribution in [3.63, 3.8) is 0 Å². The molecule has 106 valence electrons. The second-order valence-corrected chi connectivity index (χ2v) is 4.21. The van der Waals surface area contributed by atoms with Crippen LogP contribution in [0.2, 0.25) is 0 Å². The van der Waals surface area contributed by atoms with Gasteiger partial charge in [0.25, 0.3) is 0 Å². The van der Waals surface area contributed by atoms with Crippen molar-refractivity contribution in [3.05, 3.63) is 59.6 Å². The Hall–Kier alpha value is -2.91. The molecule has 5 heteroatoms. The summed E-state index contributed by atoms with van der Waals surface area (Å²) in [5.41, 5.74) is 11.1. The lowest BCUT2D eigenvalue weighted by Gasteiger charge is -2.07. The Morgan fingerprint density at radius 1 is 1.05 bits per heavy atom. The van der Waals surface area contributed by atoms with Crippen LogP contribution in [0, 0.1) is 0 Å². The molecule has 0 aliphatic carbocycles. The second kappa shape index (κ2) is 6.50. The number of methoxy groups -OCH3 is 2. The lowest BCUT2D eigenvalue weighted by atomic mass is 9.96. The first-order valence-corrected chi connectivity index (χ1v) is 6.25. The lowest BCUT2D eigenvalue weighted by Crippen LogP contribution is -2.19. The van der Waals surface area contributed by atoms with Crippen molar-refractivity contribution in [2.45, 2.75) is 0 Å². The van der Waals surface area contributed by atoms with Gasteiger partial charge in [-0.05, 0) is 29.3 Å². The molecular formula is C16H14N2O3. The van der Waals surface area contributed by atoms with E-state index in [0.717, 1.165) is 16.9 Å². The molecule has 0 aromatic heterocycles. The summed E-state index contributed by atoms with van der Waals surface area (Å²) < 4.78 is 9.76. The van der Waals surface area contributed by atoms with E-state index < -0.39 is 5.97 Å². The van der Waals surface area contributed by atoms with Crippen molar-refractivity contribution in [3.8, 4) is 16.9 Å². The molecule has 2 aromatic carbocycles. The molecule has 0 saturated carbocycles. The zero-order valence-electron chi connectivity index (χ0n) is 11.7. The molecule has 5 nitrogen and oxygen atoms in total. The van der Waals surface area contributed by atoms with E-state index in [9.17, 15) is 4.79 Å². The molecule has 2 rings (SSSR count). The number of hydrogen-bond acceptors (Lipinski definition) is 3. The molecule has 0 fully saturated rings. The smallest absolute Gasteiger partial charge is 0.422 e. The summed E-state index contributed by atoms with van der Waals surface area (Å²) in [7, 11) is 2.83. The SMILES string of the molecule is COC(=O)C(=[N+]=[N-])c1ccccc1-c1ccc(OC)cc1. The number of rotatable bonds is 4. The Balaban J connectivity index is 2.54. The van der Waals surface area contributed by atoms with E-state index >= 15 is 0 Å². The standard InChI is InChI=1S/C16H14N2O3/c1-20-12-9-7-11(8-10-12)13-5-3-4-6-14(13)15(18-17)16(19)21-2/h3-10H,1-2H3. The molecule has 21 heavy (non-hydrogen) atoms. The van der Waals surface area contributed by atoms with Gasteiger partial charge in [0, 0.05) is 0 Å². The highest BCUT2D eigenvalue weighted by atomic mass is 16.5. The van der Waals surface area contributed by atoms with Gasteiger partial charge >= 0.3 is 11.7 Å². The highest BCUT2D eigenvalue weighted by Gasteiger charge is 2.26. The molecule has 0 bridgehead atoms. The molecule has 0 heterocycles. The fourth-order valence-corrected chi connectivity index (χ4v) is 2.01. The van der Waals surface area contributed by atoms with Gasteiger partial charge in [-0.15, -0.1) is 0 Å². The van der Waals surface area contributed by atoms with Crippen molar-refractivity contribution >= 4 is 11.7 Å². The van der Waals surface area contributed by atoms with Crippen molar-refractivity contribution in [2.75, 3.05) is 14.2 Å². The number of carbonyl (C=O) groups excluding carboxylic acids is 1. The molecule has 0 N–H and O–H groups in total. The van der Waals surface area contributed by atoms with Gasteiger partial charge in [0.1, 0.15) is 5.75 Å². The third-order valence-corrected chi connectivity index (χ3v) is 3.06. The van der Waals surface area contributed by atoms with Crippen LogP contribution in [0.15, 0.2) is 48.5 Å². The number of nitrogens with zero attached hydrogens (tertiary/aromatic N) is 2. The van der Waals surface area contributed by atoms with Crippen LogP contribution in [0.4, 0.5) is 0 Å². The molecule has 0 saturated heterocycles. The van der Waals surface area contributed by atoms with E-state index in [0.29, 0.717) is 5.56 Å². The van der Waals surface area contributed by atoms with Gasteiger partial charge < -0.3 is 15.0 Å². The zero-order chi connectivity index (χ0) is 15.2. The Labute approximate surface area is 122 Å². The molecule has 0 amide bonds. The summed E-state index contributed by atoms with van der Waals surface area (Å²) in [6.07, 6.45) is 0. The first-order chi connectivity index (χ1) is 10.2. The normalized spacial score (nSPS) is 9.62. The number of hydrogen-bond donors (Lipinski definition) is 0. The summed E-state index contributed by atoms with van der Waals surface area (Å²) in [5, 5.41) is 0. The van der Waals surface area contributed by atoms with Crippen molar-refractivity contribution in [1.29, 1.82) is 0 Å². The van der Waals surface area contributed by atoms with E-state index in [2.05, 4.69) is 9.53 Å². The maximum atomic E-state index is 11.7. The van der Waals surface area contributed by atoms with E-state index in [4.69, 9.17) is 10.3 Å². The van der Waals surface area contributed by atoms with Crippen LogP contribution in [-0.2, 0) is 9.53 Å². The van der Waals surface area contributed by atoms with Crippen LogP contribution in [-0.4, -0.2) is 30.7 Å². The van der Waals surface area contributed by atoms with Gasteiger partial charge in [0.2, 0.25) is 0 Å². The Bertz CT molecular complexity index is 702. The van der Waals surface area contributed by atoms with E-state index in [1.54, 1.807) is 19.2 Å². The van der Waals surface area contributed by atoms with Gasteiger partial charge in [0.15, 0.2) is 0 Å². The number of benzene rings is 2. The fourth-order valence-electron chi connectivity index (χ4n) is 2.01. The minimum Gasteiger partial charge on any atom is -0.497 e. The van der Waals surface area contributed by atoms with Gasteiger partial charge in [-0.1, -0.05) is 30.3 Å². The second-order valence-electron chi connectivity index (χ2n) is 4.21. The van der Waals surface area contributed by atoms with Crippen LogP contribution >= 0.6 is 0 Å². The average Bonchev–Trinajstić information content (AvgIpc) is 2.56. The monoisotopic (exact) mass is 282 g/mol. The average molecular weight is 282 g/mol. The largest absolute Gasteiger partial charge is 0.497 e. The first-order valence-electron chi connectivity index (χ1n) is 6.25. The third kappa shape index (κ3) is 2.99. The number of ether oxygens (including phenoxy) is 2. The molecule has 2 aromatic rings. The Morgan fingerprint density at radius 3 is 2.29 bits per heavy atom. The predicted molar refractivity (Wildman–Crippen MR) is 78.2 cm³/mol.